The van der Waals surface area contributed by atoms with Crippen LogP contribution in [0.3, 0.4) is 0 Å². The highest BCUT2D eigenvalue weighted by Crippen LogP contribution is 2.22. The predicted octanol–water partition coefficient (Wildman–Crippen LogP) is 1.78. The van der Waals surface area contributed by atoms with E-state index in [2.05, 4.69) is 4.98 Å². The molecule has 1 aromatic heterocycles. The highest BCUT2D eigenvalue weighted by Gasteiger charge is 2.15. The van der Waals surface area contributed by atoms with E-state index < -0.39 is 0 Å². The minimum Gasteiger partial charge on any atom is -0.438 e. The fourth-order valence-electron chi connectivity index (χ4n) is 1.49. The molecule has 0 amide bonds. The van der Waals surface area contributed by atoms with Gasteiger partial charge in [-0.05, 0) is 24.6 Å². The Morgan fingerprint density at radius 1 is 1.53 bits per heavy atom. The molecule has 1 unspecified atom stereocenters. The van der Waals surface area contributed by atoms with Crippen LogP contribution < -0.4 is 5.73 Å². The van der Waals surface area contributed by atoms with Gasteiger partial charge < -0.3 is 14.9 Å². The van der Waals surface area contributed by atoms with E-state index in [9.17, 15) is 0 Å². The molecule has 0 spiro atoms. The van der Waals surface area contributed by atoms with Crippen LogP contribution >= 0.6 is 0 Å². The molecule has 1 atom stereocenters. The second-order valence-electron chi connectivity index (χ2n) is 3.48. The lowest BCUT2D eigenvalue weighted by Crippen LogP contribution is -2.14. The zero-order valence-electron chi connectivity index (χ0n) is 8.86. The lowest BCUT2D eigenvalue weighted by Gasteiger charge is -2.06. The summed E-state index contributed by atoms with van der Waals surface area (Å²) in [4.78, 5) is 4.34. The molecular formula is C11H14N2O2. The van der Waals surface area contributed by atoms with Crippen molar-refractivity contribution in [1.29, 1.82) is 0 Å². The van der Waals surface area contributed by atoms with E-state index >= 15 is 0 Å². The molecule has 0 bridgehead atoms. The van der Waals surface area contributed by atoms with Crippen molar-refractivity contribution in [1.82, 2.24) is 4.98 Å². The summed E-state index contributed by atoms with van der Waals surface area (Å²) < 4.78 is 10.7. The first-order valence-corrected chi connectivity index (χ1v) is 4.84. The zero-order valence-corrected chi connectivity index (χ0v) is 8.86. The molecule has 2 rings (SSSR count). The van der Waals surface area contributed by atoms with E-state index in [1.54, 1.807) is 7.11 Å². The molecule has 1 aromatic carbocycles. The summed E-state index contributed by atoms with van der Waals surface area (Å²) in [6.07, 6.45) is -0.266. The molecule has 0 aliphatic heterocycles. The number of benzene rings is 1. The lowest BCUT2D eigenvalue weighted by atomic mass is 10.2. The quantitative estimate of drug-likeness (QED) is 0.831. The number of nitrogens with zero attached hydrogens (tertiary/aromatic N) is 1. The fourth-order valence-corrected chi connectivity index (χ4v) is 1.49. The van der Waals surface area contributed by atoms with Crippen LogP contribution in [0.15, 0.2) is 22.6 Å². The van der Waals surface area contributed by atoms with Crippen molar-refractivity contribution in [2.75, 3.05) is 13.7 Å². The van der Waals surface area contributed by atoms with Gasteiger partial charge in [-0.1, -0.05) is 6.07 Å². The summed E-state index contributed by atoms with van der Waals surface area (Å²) in [5.41, 5.74) is 8.32. The van der Waals surface area contributed by atoms with Gasteiger partial charge in [-0.3, -0.25) is 0 Å². The highest BCUT2D eigenvalue weighted by atomic mass is 16.5. The molecule has 0 saturated carbocycles. The number of fused-ring (bicyclic) bond motifs is 1. The summed E-state index contributed by atoms with van der Waals surface area (Å²) in [5.74, 6) is 0.542. The lowest BCUT2D eigenvalue weighted by molar-refractivity contribution is 0.0878. The summed E-state index contributed by atoms with van der Waals surface area (Å²) in [5, 5.41) is 0. The van der Waals surface area contributed by atoms with E-state index in [1.165, 1.54) is 0 Å². The van der Waals surface area contributed by atoms with Crippen LogP contribution in [-0.4, -0.2) is 18.6 Å². The Bertz CT molecular complexity index is 461. The summed E-state index contributed by atoms with van der Waals surface area (Å²) in [7, 11) is 1.59. The third-order valence-corrected chi connectivity index (χ3v) is 2.33. The highest BCUT2D eigenvalue weighted by molar-refractivity contribution is 5.73. The molecule has 0 saturated heterocycles. The van der Waals surface area contributed by atoms with E-state index in [0.717, 1.165) is 16.7 Å². The van der Waals surface area contributed by atoms with Crippen molar-refractivity contribution < 1.29 is 9.15 Å². The molecule has 0 aliphatic rings. The number of methoxy groups -OCH3 is 1. The summed E-state index contributed by atoms with van der Waals surface area (Å²) >= 11 is 0. The van der Waals surface area contributed by atoms with Gasteiger partial charge in [0.05, 0.1) is 0 Å². The third-order valence-electron chi connectivity index (χ3n) is 2.33. The van der Waals surface area contributed by atoms with E-state index in [-0.39, 0.29) is 6.10 Å². The van der Waals surface area contributed by atoms with Crippen molar-refractivity contribution in [3.05, 3.63) is 29.7 Å². The van der Waals surface area contributed by atoms with E-state index in [0.29, 0.717) is 12.4 Å². The SMILES string of the molecule is COC(CN)c1nc2cc(C)ccc2o1. The monoisotopic (exact) mass is 206 g/mol. The van der Waals surface area contributed by atoms with Gasteiger partial charge in [0.25, 0.3) is 0 Å². The Morgan fingerprint density at radius 2 is 2.33 bits per heavy atom. The van der Waals surface area contributed by atoms with Gasteiger partial charge >= 0.3 is 0 Å². The molecule has 80 valence electrons. The number of oxazole rings is 1. The van der Waals surface area contributed by atoms with Crippen LogP contribution in [0.2, 0.25) is 0 Å². The summed E-state index contributed by atoms with van der Waals surface area (Å²) in [6.45, 7) is 2.38. The van der Waals surface area contributed by atoms with E-state index in [1.807, 2.05) is 25.1 Å². The van der Waals surface area contributed by atoms with Gasteiger partial charge in [-0.25, -0.2) is 4.98 Å². The average molecular weight is 206 g/mol. The second kappa shape index (κ2) is 4.00. The number of nitrogens with two attached hydrogens (primary N) is 1. The standard InChI is InChI=1S/C11H14N2O2/c1-7-3-4-9-8(5-7)13-11(15-9)10(6-12)14-2/h3-5,10H,6,12H2,1-2H3. The molecule has 1 heterocycles. The number of rotatable bonds is 3. The smallest absolute Gasteiger partial charge is 0.225 e. The molecular weight excluding hydrogens is 192 g/mol. The normalized spacial score (nSPS) is 13.3. The van der Waals surface area contributed by atoms with Crippen LogP contribution in [0.25, 0.3) is 11.1 Å². The van der Waals surface area contributed by atoms with Crippen molar-refractivity contribution >= 4 is 11.1 Å². The molecule has 0 radical (unpaired) electrons. The van der Waals surface area contributed by atoms with Gasteiger partial charge in [0, 0.05) is 13.7 Å². The van der Waals surface area contributed by atoms with Crippen molar-refractivity contribution in [3.8, 4) is 0 Å². The number of hydrogen-bond donors (Lipinski definition) is 1. The largest absolute Gasteiger partial charge is 0.438 e. The maximum absolute atomic E-state index is 5.55. The second-order valence-corrected chi connectivity index (χ2v) is 3.48. The number of hydrogen-bond acceptors (Lipinski definition) is 4. The van der Waals surface area contributed by atoms with Crippen LogP contribution in [0.4, 0.5) is 0 Å². The molecule has 2 aromatic rings. The first kappa shape index (κ1) is 10.1. The number of aryl methyl sites for hydroxylation is 1. The zero-order chi connectivity index (χ0) is 10.8. The Kier molecular flexibility index (Phi) is 2.70. The number of aromatic nitrogens is 1. The topological polar surface area (TPSA) is 61.3 Å². The molecule has 0 aliphatic carbocycles. The molecule has 4 heteroatoms. The van der Waals surface area contributed by atoms with Crippen LogP contribution in [0.5, 0.6) is 0 Å². The predicted molar refractivity (Wildman–Crippen MR) is 57.6 cm³/mol. The molecule has 15 heavy (non-hydrogen) atoms. The Labute approximate surface area is 88.0 Å². The minimum absolute atomic E-state index is 0.266. The maximum atomic E-state index is 5.55. The first-order valence-electron chi connectivity index (χ1n) is 4.84. The van der Waals surface area contributed by atoms with Gasteiger partial charge in [-0.2, -0.15) is 0 Å². The van der Waals surface area contributed by atoms with Crippen molar-refractivity contribution in [3.63, 3.8) is 0 Å². The average Bonchev–Trinajstić information content (AvgIpc) is 2.62. The maximum Gasteiger partial charge on any atom is 0.225 e. The van der Waals surface area contributed by atoms with E-state index in [4.69, 9.17) is 14.9 Å². The van der Waals surface area contributed by atoms with Crippen LogP contribution in [-0.2, 0) is 4.74 Å². The van der Waals surface area contributed by atoms with Gasteiger partial charge in [0.1, 0.15) is 11.6 Å². The molecule has 4 nitrogen and oxygen atoms in total. The third kappa shape index (κ3) is 1.86. The van der Waals surface area contributed by atoms with Gasteiger partial charge in [0.15, 0.2) is 5.58 Å². The molecule has 2 N–H and O–H groups in total. The minimum atomic E-state index is -0.266. The van der Waals surface area contributed by atoms with Crippen molar-refractivity contribution in [2.24, 2.45) is 5.73 Å². The Hall–Kier alpha value is -1.39. The Balaban J connectivity index is 2.46. The molecule has 0 fully saturated rings. The summed E-state index contributed by atoms with van der Waals surface area (Å²) in [6, 6.07) is 5.87. The Morgan fingerprint density at radius 3 is 3.00 bits per heavy atom. The van der Waals surface area contributed by atoms with Crippen LogP contribution in [0, 0.1) is 6.92 Å². The van der Waals surface area contributed by atoms with Crippen molar-refractivity contribution in [2.45, 2.75) is 13.0 Å². The van der Waals surface area contributed by atoms with Crippen LogP contribution in [0.1, 0.15) is 17.6 Å². The first-order chi connectivity index (χ1) is 7.24. The number of ether oxygens (including phenoxy) is 1. The fraction of sp³-hybridized carbons (Fsp3) is 0.364. The van der Waals surface area contributed by atoms with Gasteiger partial charge in [0.2, 0.25) is 5.89 Å². The van der Waals surface area contributed by atoms with Gasteiger partial charge in [-0.15, -0.1) is 0 Å².